The Hall–Kier alpha value is -0.0600. The minimum absolute atomic E-state index is 0.625. The summed E-state index contributed by atoms with van der Waals surface area (Å²) < 4.78 is 11.4. The molecule has 86 valence electrons. The van der Waals surface area contributed by atoms with Crippen molar-refractivity contribution in [1.29, 1.82) is 0 Å². The van der Waals surface area contributed by atoms with Crippen molar-refractivity contribution >= 4 is 22.6 Å². The van der Waals surface area contributed by atoms with Crippen molar-refractivity contribution in [2.75, 3.05) is 11.5 Å². The minimum atomic E-state index is -0.993. The molecule has 0 aromatic carbocycles. The molecule has 1 rings (SSSR count). The van der Waals surface area contributed by atoms with E-state index in [0.29, 0.717) is 5.75 Å². The molecule has 1 aliphatic rings. The normalized spacial score (nSPS) is 35.0. The van der Waals surface area contributed by atoms with E-state index >= 15 is 0 Å². The van der Waals surface area contributed by atoms with Crippen LogP contribution in [-0.2, 0) is 10.8 Å². The zero-order valence-corrected chi connectivity index (χ0v) is 10.8. The number of allylic oxidation sites excluding steroid dienone is 2. The fourth-order valence-electron chi connectivity index (χ4n) is 1.64. The molecule has 15 heavy (non-hydrogen) atoms. The van der Waals surface area contributed by atoms with Crippen LogP contribution >= 0.6 is 11.8 Å². The van der Waals surface area contributed by atoms with Gasteiger partial charge >= 0.3 is 0 Å². The predicted molar refractivity (Wildman–Crippen MR) is 68.5 cm³/mol. The van der Waals surface area contributed by atoms with Gasteiger partial charge in [0, 0.05) is 16.6 Å². The van der Waals surface area contributed by atoms with E-state index in [-0.39, 0.29) is 0 Å². The highest BCUT2D eigenvalue weighted by Crippen LogP contribution is 2.39. The van der Waals surface area contributed by atoms with E-state index in [1.54, 1.807) is 17.8 Å². The molecule has 1 fully saturated rings. The largest absolute Gasteiger partial charge is 0.386 e. The minimum Gasteiger partial charge on any atom is -0.386 e. The maximum atomic E-state index is 12.1. The highest BCUT2D eigenvalue weighted by Gasteiger charge is 2.42. The second-order valence-electron chi connectivity index (χ2n) is 3.44. The van der Waals surface area contributed by atoms with Gasteiger partial charge < -0.3 is 5.11 Å². The van der Waals surface area contributed by atoms with Gasteiger partial charge in [0.05, 0.1) is 0 Å². The van der Waals surface area contributed by atoms with Gasteiger partial charge in [-0.3, -0.25) is 4.21 Å². The summed E-state index contributed by atoms with van der Waals surface area (Å²) >= 11 is 1.60. The molecule has 0 aromatic heterocycles. The molecule has 0 saturated carbocycles. The fraction of sp³-hybridized carbons (Fsp3) is 0.636. The molecule has 1 unspecified atom stereocenters. The van der Waals surface area contributed by atoms with Gasteiger partial charge in [0.1, 0.15) is 10.2 Å². The molecule has 3 atom stereocenters. The van der Waals surface area contributed by atoms with E-state index in [4.69, 9.17) is 0 Å². The van der Waals surface area contributed by atoms with Crippen LogP contribution in [0.1, 0.15) is 20.3 Å². The molecule has 4 heteroatoms. The van der Waals surface area contributed by atoms with E-state index in [2.05, 4.69) is 0 Å². The molecule has 0 aliphatic carbocycles. The summed E-state index contributed by atoms with van der Waals surface area (Å²) in [5.74, 6) is 1.65. The van der Waals surface area contributed by atoms with Crippen LogP contribution in [0.3, 0.4) is 0 Å². The van der Waals surface area contributed by atoms with Gasteiger partial charge in [0.15, 0.2) is 0 Å². The van der Waals surface area contributed by atoms with Crippen molar-refractivity contribution in [2.24, 2.45) is 0 Å². The molecular weight excluding hydrogens is 228 g/mol. The fourth-order valence-corrected chi connectivity index (χ4v) is 5.30. The lowest BCUT2D eigenvalue weighted by Gasteiger charge is -2.35. The van der Waals surface area contributed by atoms with Crippen molar-refractivity contribution in [3.63, 3.8) is 0 Å². The topological polar surface area (TPSA) is 37.3 Å². The first-order valence-corrected chi connectivity index (χ1v) is 7.45. The Morgan fingerprint density at radius 1 is 1.47 bits per heavy atom. The monoisotopic (exact) mass is 246 g/mol. The first-order valence-electron chi connectivity index (χ1n) is 5.14. The summed E-state index contributed by atoms with van der Waals surface area (Å²) in [7, 11) is -0.993. The molecule has 0 amide bonds. The van der Waals surface area contributed by atoms with E-state index < -0.39 is 21.0 Å². The second-order valence-corrected chi connectivity index (χ2v) is 6.85. The first-order chi connectivity index (χ1) is 7.17. The van der Waals surface area contributed by atoms with Crippen LogP contribution in [-0.4, -0.2) is 31.0 Å². The number of rotatable bonds is 3. The van der Waals surface area contributed by atoms with Gasteiger partial charge in [0.2, 0.25) is 0 Å². The molecular formula is C11H18O2S2. The molecule has 1 heterocycles. The Balaban J connectivity index is 2.99. The van der Waals surface area contributed by atoms with Crippen LogP contribution in [0, 0.1) is 0 Å². The van der Waals surface area contributed by atoms with Crippen LogP contribution < -0.4 is 0 Å². The number of aliphatic hydroxyl groups excluding tert-OH is 1. The zero-order chi connectivity index (χ0) is 11.3. The zero-order valence-electron chi connectivity index (χ0n) is 9.18. The Morgan fingerprint density at radius 2 is 2.20 bits per heavy atom. The van der Waals surface area contributed by atoms with Crippen molar-refractivity contribution < 1.29 is 9.32 Å². The van der Waals surface area contributed by atoms with Gasteiger partial charge in [-0.2, -0.15) is 0 Å². The van der Waals surface area contributed by atoms with Crippen LogP contribution in [0.5, 0.6) is 0 Å². The van der Waals surface area contributed by atoms with Crippen molar-refractivity contribution in [3.8, 4) is 0 Å². The van der Waals surface area contributed by atoms with Gasteiger partial charge in [0.25, 0.3) is 0 Å². The third-order valence-corrected chi connectivity index (χ3v) is 6.33. The third kappa shape index (κ3) is 2.74. The molecule has 1 aliphatic heterocycles. The Bertz CT molecular complexity index is 286. The van der Waals surface area contributed by atoms with Gasteiger partial charge in [-0.25, -0.2) is 0 Å². The summed E-state index contributed by atoms with van der Waals surface area (Å²) in [6.07, 6.45) is 7.60. The highest BCUT2D eigenvalue weighted by atomic mass is 32.2. The number of hydrogen-bond acceptors (Lipinski definition) is 3. The van der Waals surface area contributed by atoms with E-state index in [1.165, 1.54) is 0 Å². The summed E-state index contributed by atoms with van der Waals surface area (Å²) in [5.41, 5.74) is 0. The molecule has 0 radical (unpaired) electrons. The SMILES string of the molecule is C/C=C\[C@H](O)[C@]1(/C=C/C)SCCCS1=O. The lowest BCUT2D eigenvalue weighted by Crippen LogP contribution is -2.44. The van der Waals surface area contributed by atoms with E-state index in [9.17, 15) is 9.32 Å². The number of aliphatic hydroxyl groups is 1. The highest BCUT2D eigenvalue weighted by molar-refractivity contribution is 8.13. The molecule has 2 nitrogen and oxygen atoms in total. The second kappa shape index (κ2) is 5.87. The smallest absolute Gasteiger partial charge is 0.138 e. The quantitative estimate of drug-likeness (QED) is 0.775. The van der Waals surface area contributed by atoms with E-state index in [1.807, 2.05) is 32.1 Å². The maximum absolute atomic E-state index is 12.1. The third-order valence-electron chi connectivity index (χ3n) is 2.34. The van der Waals surface area contributed by atoms with Crippen molar-refractivity contribution in [1.82, 2.24) is 0 Å². The lowest BCUT2D eigenvalue weighted by atomic mass is 10.2. The molecule has 1 N–H and O–H groups in total. The average molecular weight is 246 g/mol. The summed E-state index contributed by atoms with van der Waals surface area (Å²) in [4.78, 5) is 0. The predicted octanol–water partition coefficient (Wildman–Crippen LogP) is 2.08. The Labute approximate surface area is 98.3 Å². The summed E-state index contributed by atoms with van der Waals surface area (Å²) in [6.45, 7) is 3.76. The maximum Gasteiger partial charge on any atom is 0.138 e. The summed E-state index contributed by atoms with van der Waals surface area (Å²) in [5, 5.41) is 10.1. The van der Waals surface area contributed by atoms with Crippen LogP contribution in [0.4, 0.5) is 0 Å². The van der Waals surface area contributed by atoms with Crippen LogP contribution in [0.15, 0.2) is 24.3 Å². The van der Waals surface area contributed by atoms with Crippen molar-refractivity contribution in [2.45, 2.75) is 30.5 Å². The van der Waals surface area contributed by atoms with Crippen LogP contribution in [0.2, 0.25) is 0 Å². The average Bonchev–Trinajstić information content (AvgIpc) is 2.22. The standard InChI is InChI=1S/C11H18O2S2/c1-3-6-10(12)11(7-4-2)14-8-5-9-15(11)13/h3-4,6-7,10,12H,5,8-9H2,1-2H3/b6-3-,7-4+/t10-,11+,15?/m0/s1. The van der Waals surface area contributed by atoms with Gasteiger partial charge in [-0.15, -0.1) is 11.8 Å². The lowest BCUT2D eigenvalue weighted by molar-refractivity contribution is 0.220. The number of hydrogen-bond donors (Lipinski definition) is 1. The summed E-state index contributed by atoms with van der Waals surface area (Å²) in [6, 6.07) is 0. The van der Waals surface area contributed by atoms with Crippen LogP contribution in [0.25, 0.3) is 0 Å². The molecule has 0 bridgehead atoms. The van der Waals surface area contributed by atoms with E-state index in [0.717, 1.165) is 12.2 Å². The van der Waals surface area contributed by atoms with Gasteiger partial charge in [-0.1, -0.05) is 24.3 Å². The Morgan fingerprint density at radius 3 is 2.73 bits per heavy atom. The van der Waals surface area contributed by atoms with Gasteiger partial charge in [-0.05, 0) is 26.0 Å². The molecule has 0 aromatic rings. The number of thioether (sulfide) groups is 1. The molecule has 0 spiro atoms. The first kappa shape index (κ1) is 13.0. The molecule has 1 saturated heterocycles. The Kier molecular flexibility index (Phi) is 5.09. The van der Waals surface area contributed by atoms with Crippen molar-refractivity contribution in [3.05, 3.63) is 24.3 Å².